The molecule has 102 valence electrons. The first-order valence-corrected chi connectivity index (χ1v) is 6.20. The lowest BCUT2D eigenvalue weighted by Gasteiger charge is -2.08. The Morgan fingerprint density at radius 1 is 1.15 bits per heavy atom. The Kier molecular flexibility index (Phi) is 2.90. The number of hydrogen-bond acceptors (Lipinski definition) is 3. The Labute approximate surface area is 118 Å². The molecular weight excluding hydrogens is 286 g/mol. The van der Waals surface area contributed by atoms with Crippen molar-refractivity contribution in [1.82, 2.24) is 19.6 Å². The second-order valence-corrected chi connectivity index (χ2v) is 4.74. The van der Waals surface area contributed by atoms with E-state index >= 15 is 0 Å². The van der Waals surface area contributed by atoms with Gasteiger partial charge in [-0.15, -0.1) is 10.2 Å². The molecule has 0 amide bonds. The molecule has 2 aromatic heterocycles. The minimum Gasteiger partial charge on any atom is -0.275 e. The molecule has 0 N–H and O–H groups in total. The van der Waals surface area contributed by atoms with Crippen molar-refractivity contribution in [3.8, 4) is 11.4 Å². The number of aromatic nitrogens is 4. The molecule has 0 atom stereocenters. The smallest absolute Gasteiger partial charge is 0.199 e. The molecular formula is C13H9ClF2N4. The maximum Gasteiger partial charge on any atom is 0.199 e. The van der Waals surface area contributed by atoms with E-state index in [1.807, 2.05) is 0 Å². The maximum absolute atomic E-state index is 13.9. The van der Waals surface area contributed by atoms with Gasteiger partial charge in [0.15, 0.2) is 16.6 Å². The number of nitrogens with zero attached hydrogens (tertiary/aromatic N) is 4. The lowest BCUT2D eigenvalue weighted by Crippen LogP contribution is -2.02. The zero-order chi connectivity index (χ0) is 14.4. The average molecular weight is 295 g/mol. The Morgan fingerprint density at radius 2 is 1.90 bits per heavy atom. The summed E-state index contributed by atoms with van der Waals surface area (Å²) in [5.74, 6) is -0.930. The first-order chi connectivity index (χ1) is 9.49. The SMILES string of the molecule is Cc1nc(Cl)c2nnc(-c3cc(F)ccc3F)n2c1C. The topological polar surface area (TPSA) is 43.1 Å². The van der Waals surface area contributed by atoms with Gasteiger partial charge in [-0.3, -0.25) is 4.40 Å². The predicted octanol–water partition coefficient (Wildman–Crippen LogP) is 3.34. The second-order valence-electron chi connectivity index (χ2n) is 4.38. The van der Waals surface area contributed by atoms with Crippen LogP contribution in [0, 0.1) is 25.5 Å². The average Bonchev–Trinajstić information content (AvgIpc) is 2.84. The molecule has 0 fully saturated rings. The predicted molar refractivity (Wildman–Crippen MR) is 70.6 cm³/mol. The van der Waals surface area contributed by atoms with Crippen molar-refractivity contribution in [2.75, 3.05) is 0 Å². The van der Waals surface area contributed by atoms with E-state index in [-0.39, 0.29) is 16.5 Å². The molecule has 3 rings (SSSR count). The summed E-state index contributed by atoms with van der Waals surface area (Å²) in [5.41, 5.74) is 1.73. The third-order valence-corrected chi connectivity index (χ3v) is 3.40. The fraction of sp³-hybridized carbons (Fsp3) is 0.154. The molecule has 0 aliphatic rings. The number of halogens is 3. The summed E-state index contributed by atoms with van der Waals surface area (Å²) in [6.07, 6.45) is 0. The van der Waals surface area contributed by atoms with Crippen LogP contribution >= 0.6 is 11.6 Å². The van der Waals surface area contributed by atoms with Gasteiger partial charge in [0.2, 0.25) is 0 Å². The molecule has 0 unspecified atom stereocenters. The van der Waals surface area contributed by atoms with E-state index in [9.17, 15) is 8.78 Å². The van der Waals surface area contributed by atoms with E-state index in [1.54, 1.807) is 18.2 Å². The summed E-state index contributed by atoms with van der Waals surface area (Å²) in [6, 6.07) is 3.18. The van der Waals surface area contributed by atoms with Crippen molar-refractivity contribution in [1.29, 1.82) is 0 Å². The Hall–Kier alpha value is -2.08. The largest absolute Gasteiger partial charge is 0.275 e. The lowest BCUT2D eigenvalue weighted by molar-refractivity contribution is 0.602. The number of rotatable bonds is 1. The molecule has 4 nitrogen and oxygen atoms in total. The molecule has 3 aromatic rings. The highest BCUT2D eigenvalue weighted by molar-refractivity contribution is 6.32. The molecule has 7 heteroatoms. The monoisotopic (exact) mass is 294 g/mol. The third kappa shape index (κ3) is 1.84. The van der Waals surface area contributed by atoms with Crippen LogP contribution in [0.25, 0.3) is 17.0 Å². The highest BCUT2D eigenvalue weighted by atomic mass is 35.5. The van der Waals surface area contributed by atoms with E-state index in [0.29, 0.717) is 17.0 Å². The minimum atomic E-state index is -0.578. The summed E-state index contributed by atoms with van der Waals surface area (Å²) in [7, 11) is 0. The maximum atomic E-state index is 13.9. The van der Waals surface area contributed by atoms with E-state index in [4.69, 9.17) is 11.6 Å². The van der Waals surface area contributed by atoms with Crippen molar-refractivity contribution < 1.29 is 8.78 Å². The molecule has 0 radical (unpaired) electrons. The van der Waals surface area contributed by atoms with Gasteiger partial charge in [-0.25, -0.2) is 13.8 Å². The van der Waals surface area contributed by atoms with Gasteiger partial charge >= 0.3 is 0 Å². The van der Waals surface area contributed by atoms with Crippen LogP contribution in [0.5, 0.6) is 0 Å². The van der Waals surface area contributed by atoms with E-state index in [1.165, 1.54) is 0 Å². The summed E-state index contributed by atoms with van der Waals surface area (Å²) >= 11 is 6.00. The van der Waals surface area contributed by atoms with Gasteiger partial charge in [0, 0.05) is 5.69 Å². The Balaban J connectivity index is 2.41. The first-order valence-electron chi connectivity index (χ1n) is 5.82. The molecule has 0 saturated carbocycles. The molecule has 0 saturated heterocycles. The van der Waals surface area contributed by atoms with Crippen LogP contribution in [0.15, 0.2) is 18.2 Å². The van der Waals surface area contributed by atoms with Crippen LogP contribution in [-0.2, 0) is 0 Å². The van der Waals surface area contributed by atoms with Crippen molar-refractivity contribution in [3.63, 3.8) is 0 Å². The number of hydrogen-bond donors (Lipinski definition) is 0. The fourth-order valence-corrected chi connectivity index (χ4v) is 2.27. The standard InChI is InChI=1S/C13H9ClF2N4/c1-6-7(2)20-12(18-19-13(20)11(14)17-6)9-5-8(15)3-4-10(9)16/h3-5H,1-2H3. The summed E-state index contributed by atoms with van der Waals surface area (Å²) in [6.45, 7) is 3.56. The Bertz CT molecular complexity index is 829. The van der Waals surface area contributed by atoms with E-state index in [0.717, 1.165) is 18.2 Å². The van der Waals surface area contributed by atoms with Crippen LogP contribution in [0.2, 0.25) is 5.15 Å². The van der Waals surface area contributed by atoms with Crippen LogP contribution in [0.3, 0.4) is 0 Å². The van der Waals surface area contributed by atoms with Crippen molar-refractivity contribution in [2.45, 2.75) is 13.8 Å². The van der Waals surface area contributed by atoms with E-state index < -0.39 is 11.6 Å². The summed E-state index contributed by atoms with van der Waals surface area (Å²) < 4.78 is 28.8. The van der Waals surface area contributed by atoms with Crippen LogP contribution < -0.4 is 0 Å². The number of fused-ring (bicyclic) bond motifs is 1. The van der Waals surface area contributed by atoms with Crippen LogP contribution in [-0.4, -0.2) is 19.6 Å². The second kappa shape index (κ2) is 4.49. The van der Waals surface area contributed by atoms with Crippen molar-refractivity contribution in [2.24, 2.45) is 0 Å². The fourth-order valence-electron chi connectivity index (χ4n) is 2.02. The van der Waals surface area contributed by atoms with E-state index in [2.05, 4.69) is 15.2 Å². The van der Waals surface area contributed by atoms with Gasteiger partial charge in [-0.2, -0.15) is 0 Å². The van der Waals surface area contributed by atoms with Crippen LogP contribution in [0.1, 0.15) is 11.4 Å². The first kappa shape index (κ1) is 12.9. The van der Waals surface area contributed by atoms with Gasteiger partial charge in [-0.05, 0) is 32.0 Å². The van der Waals surface area contributed by atoms with Gasteiger partial charge in [-0.1, -0.05) is 11.6 Å². The molecule has 0 spiro atoms. The number of benzene rings is 1. The highest BCUT2D eigenvalue weighted by Gasteiger charge is 2.18. The molecule has 0 aliphatic heterocycles. The molecule has 0 bridgehead atoms. The zero-order valence-electron chi connectivity index (χ0n) is 10.7. The van der Waals surface area contributed by atoms with Gasteiger partial charge in [0.05, 0.1) is 11.3 Å². The van der Waals surface area contributed by atoms with Crippen molar-refractivity contribution in [3.05, 3.63) is 46.4 Å². The Morgan fingerprint density at radius 3 is 2.65 bits per heavy atom. The quantitative estimate of drug-likeness (QED) is 0.691. The van der Waals surface area contributed by atoms with Crippen molar-refractivity contribution >= 4 is 17.2 Å². The molecule has 2 heterocycles. The highest BCUT2D eigenvalue weighted by Crippen LogP contribution is 2.26. The summed E-state index contributed by atoms with van der Waals surface area (Å²) in [4.78, 5) is 4.12. The normalized spacial score (nSPS) is 11.2. The van der Waals surface area contributed by atoms with Crippen LogP contribution in [0.4, 0.5) is 8.78 Å². The summed E-state index contributed by atoms with van der Waals surface area (Å²) in [5, 5.41) is 7.98. The molecule has 0 aliphatic carbocycles. The van der Waals surface area contributed by atoms with Gasteiger partial charge in [0.25, 0.3) is 0 Å². The molecule has 1 aromatic carbocycles. The van der Waals surface area contributed by atoms with Gasteiger partial charge < -0.3 is 0 Å². The molecule has 20 heavy (non-hydrogen) atoms. The number of aryl methyl sites for hydroxylation is 2. The third-order valence-electron chi connectivity index (χ3n) is 3.14. The lowest BCUT2D eigenvalue weighted by atomic mass is 10.2. The zero-order valence-corrected chi connectivity index (χ0v) is 11.4. The van der Waals surface area contributed by atoms with Gasteiger partial charge in [0.1, 0.15) is 11.6 Å². The minimum absolute atomic E-state index is 0.0299.